The van der Waals surface area contributed by atoms with Gasteiger partial charge in [0.1, 0.15) is 0 Å². The van der Waals surface area contributed by atoms with Gasteiger partial charge in [-0.05, 0) is 24.6 Å². The molecule has 1 fully saturated rings. The average Bonchev–Trinajstić information content (AvgIpc) is 2.72. The summed E-state index contributed by atoms with van der Waals surface area (Å²) in [6, 6.07) is 6.81. The molecule has 1 aromatic rings. The average molecular weight is 253 g/mol. The van der Waals surface area contributed by atoms with Crippen LogP contribution in [0, 0.1) is 0 Å². The summed E-state index contributed by atoms with van der Waals surface area (Å²) in [5.74, 6) is -0.124. The maximum absolute atomic E-state index is 11.8. The van der Waals surface area contributed by atoms with Crippen LogP contribution in [0.2, 0.25) is 5.02 Å². The Morgan fingerprint density at radius 3 is 3.00 bits per heavy atom. The molecule has 1 saturated heterocycles. The van der Waals surface area contributed by atoms with Gasteiger partial charge in [0.2, 0.25) is 5.91 Å². The first kappa shape index (κ1) is 11.9. The van der Waals surface area contributed by atoms with E-state index in [1.54, 1.807) is 24.3 Å². The Morgan fingerprint density at radius 1 is 1.53 bits per heavy atom. The van der Waals surface area contributed by atoms with Crippen molar-refractivity contribution < 1.29 is 9.59 Å². The van der Waals surface area contributed by atoms with Crippen molar-refractivity contribution in [3.05, 3.63) is 34.9 Å². The Labute approximate surface area is 104 Å². The zero-order chi connectivity index (χ0) is 12.3. The van der Waals surface area contributed by atoms with Crippen LogP contribution in [-0.2, 0) is 4.79 Å². The highest BCUT2D eigenvalue weighted by Gasteiger charge is 2.21. The highest BCUT2D eigenvalue weighted by atomic mass is 35.5. The van der Waals surface area contributed by atoms with Crippen LogP contribution in [0.3, 0.4) is 0 Å². The van der Waals surface area contributed by atoms with E-state index in [4.69, 9.17) is 11.6 Å². The Hall–Kier alpha value is -1.55. The molecule has 0 aliphatic carbocycles. The molecule has 1 aromatic carbocycles. The van der Waals surface area contributed by atoms with Crippen molar-refractivity contribution in [2.45, 2.75) is 18.9 Å². The number of carbonyl (C=O) groups excluding carboxylic acids is 2. The smallest absolute Gasteiger partial charge is 0.251 e. The van der Waals surface area contributed by atoms with Crippen molar-refractivity contribution in [1.82, 2.24) is 10.6 Å². The second-order valence-corrected chi connectivity index (χ2v) is 4.46. The molecular formula is C12H13ClN2O2. The summed E-state index contributed by atoms with van der Waals surface area (Å²) in [5.41, 5.74) is 0.529. The zero-order valence-corrected chi connectivity index (χ0v) is 9.96. The second kappa shape index (κ2) is 5.19. The molecule has 2 N–H and O–H groups in total. The fourth-order valence-electron chi connectivity index (χ4n) is 1.78. The molecule has 1 aliphatic rings. The number of carbonyl (C=O) groups is 2. The molecule has 1 atom stereocenters. The van der Waals surface area contributed by atoms with Gasteiger partial charge in [-0.3, -0.25) is 9.59 Å². The molecule has 1 unspecified atom stereocenters. The number of nitrogens with one attached hydrogen (secondary N) is 2. The van der Waals surface area contributed by atoms with E-state index in [-0.39, 0.29) is 17.9 Å². The van der Waals surface area contributed by atoms with Gasteiger partial charge in [-0.25, -0.2) is 0 Å². The third-order valence-electron chi connectivity index (χ3n) is 2.68. The van der Waals surface area contributed by atoms with Crippen LogP contribution in [0.1, 0.15) is 23.2 Å². The van der Waals surface area contributed by atoms with Crippen molar-refractivity contribution in [1.29, 1.82) is 0 Å². The lowest BCUT2D eigenvalue weighted by molar-refractivity contribution is -0.119. The van der Waals surface area contributed by atoms with Gasteiger partial charge < -0.3 is 10.6 Å². The first-order valence-electron chi connectivity index (χ1n) is 5.48. The highest BCUT2D eigenvalue weighted by molar-refractivity contribution is 6.30. The van der Waals surface area contributed by atoms with E-state index in [0.29, 0.717) is 23.6 Å². The van der Waals surface area contributed by atoms with Gasteiger partial charge in [0.15, 0.2) is 0 Å². The second-order valence-electron chi connectivity index (χ2n) is 4.02. The number of rotatable bonds is 3. The van der Waals surface area contributed by atoms with Crippen LogP contribution in [0.15, 0.2) is 24.3 Å². The molecule has 1 heterocycles. The van der Waals surface area contributed by atoms with Crippen molar-refractivity contribution in [2.24, 2.45) is 0 Å². The van der Waals surface area contributed by atoms with Gasteiger partial charge in [-0.15, -0.1) is 0 Å². The van der Waals surface area contributed by atoms with E-state index in [1.807, 2.05) is 0 Å². The summed E-state index contributed by atoms with van der Waals surface area (Å²) in [6.07, 6.45) is 1.31. The van der Waals surface area contributed by atoms with Crippen LogP contribution in [0.5, 0.6) is 0 Å². The molecule has 1 aliphatic heterocycles. The van der Waals surface area contributed by atoms with Crippen LogP contribution in [0.25, 0.3) is 0 Å². The van der Waals surface area contributed by atoms with Crippen LogP contribution in [-0.4, -0.2) is 24.4 Å². The Morgan fingerprint density at radius 2 is 2.35 bits per heavy atom. The number of benzene rings is 1. The number of hydrogen-bond acceptors (Lipinski definition) is 2. The standard InChI is InChI=1S/C12H13ClN2O2/c13-9-3-1-2-8(6-9)12(17)14-7-10-4-5-11(16)15-10/h1-3,6,10H,4-5,7H2,(H,14,17)(H,15,16). The van der Waals surface area contributed by atoms with Gasteiger partial charge >= 0.3 is 0 Å². The van der Waals surface area contributed by atoms with E-state index in [2.05, 4.69) is 10.6 Å². The van der Waals surface area contributed by atoms with Gasteiger partial charge in [0.05, 0.1) is 0 Å². The SMILES string of the molecule is O=C1CCC(CNC(=O)c2cccc(Cl)c2)N1. The lowest BCUT2D eigenvalue weighted by Crippen LogP contribution is -2.38. The van der Waals surface area contributed by atoms with Gasteiger partial charge in [0, 0.05) is 29.6 Å². The van der Waals surface area contributed by atoms with Gasteiger partial charge in [-0.2, -0.15) is 0 Å². The lowest BCUT2D eigenvalue weighted by Gasteiger charge is -2.11. The van der Waals surface area contributed by atoms with E-state index >= 15 is 0 Å². The molecule has 0 saturated carbocycles. The topological polar surface area (TPSA) is 58.2 Å². The first-order valence-corrected chi connectivity index (χ1v) is 5.86. The minimum Gasteiger partial charge on any atom is -0.352 e. The molecule has 2 rings (SSSR count). The molecule has 90 valence electrons. The quantitative estimate of drug-likeness (QED) is 0.853. The molecule has 0 spiro atoms. The predicted octanol–water partition coefficient (Wildman–Crippen LogP) is 1.35. The third-order valence-corrected chi connectivity index (χ3v) is 2.92. The Bertz CT molecular complexity index is 448. The van der Waals surface area contributed by atoms with Crippen molar-refractivity contribution >= 4 is 23.4 Å². The molecule has 0 aromatic heterocycles. The maximum atomic E-state index is 11.8. The fourth-order valence-corrected chi connectivity index (χ4v) is 1.97. The molecule has 0 radical (unpaired) electrons. The molecular weight excluding hydrogens is 240 g/mol. The largest absolute Gasteiger partial charge is 0.352 e. The zero-order valence-electron chi connectivity index (χ0n) is 9.20. The maximum Gasteiger partial charge on any atom is 0.251 e. The first-order chi connectivity index (χ1) is 8.15. The predicted molar refractivity (Wildman–Crippen MR) is 64.9 cm³/mol. The van der Waals surface area contributed by atoms with Crippen LogP contribution in [0.4, 0.5) is 0 Å². The summed E-state index contributed by atoms with van der Waals surface area (Å²) >= 11 is 5.80. The van der Waals surface area contributed by atoms with E-state index in [0.717, 1.165) is 6.42 Å². The molecule has 4 nitrogen and oxygen atoms in total. The van der Waals surface area contributed by atoms with E-state index in [9.17, 15) is 9.59 Å². The van der Waals surface area contributed by atoms with Crippen molar-refractivity contribution in [3.8, 4) is 0 Å². The number of hydrogen-bond donors (Lipinski definition) is 2. The van der Waals surface area contributed by atoms with Gasteiger partial charge in [0.25, 0.3) is 5.91 Å². The molecule has 17 heavy (non-hydrogen) atoms. The molecule has 5 heteroatoms. The molecule has 0 bridgehead atoms. The fraction of sp³-hybridized carbons (Fsp3) is 0.333. The van der Waals surface area contributed by atoms with Crippen LogP contribution >= 0.6 is 11.6 Å². The minimum atomic E-state index is -0.173. The number of halogens is 1. The number of amides is 2. The Balaban J connectivity index is 1.87. The summed E-state index contributed by atoms with van der Waals surface area (Å²) < 4.78 is 0. The summed E-state index contributed by atoms with van der Waals surface area (Å²) in [6.45, 7) is 0.455. The lowest BCUT2D eigenvalue weighted by atomic mass is 10.2. The van der Waals surface area contributed by atoms with E-state index in [1.165, 1.54) is 0 Å². The van der Waals surface area contributed by atoms with E-state index < -0.39 is 0 Å². The molecule has 2 amide bonds. The van der Waals surface area contributed by atoms with Crippen molar-refractivity contribution in [3.63, 3.8) is 0 Å². The summed E-state index contributed by atoms with van der Waals surface area (Å²) in [7, 11) is 0. The monoisotopic (exact) mass is 252 g/mol. The third kappa shape index (κ3) is 3.20. The normalized spacial score (nSPS) is 18.9. The highest BCUT2D eigenvalue weighted by Crippen LogP contribution is 2.11. The summed E-state index contributed by atoms with van der Waals surface area (Å²) in [4.78, 5) is 22.7. The van der Waals surface area contributed by atoms with Crippen LogP contribution < -0.4 is 10.6 Å². The minimum absolute atomic E-state index is 0.0469. The summed E-state index contributed by atoms with van der Waals surface area (Å²) in [5, 5.41) is 6.10. The van der Waals surface area contributed by atoms with Gasteiger partial charge in [-0.1, -0.05) is 17.7 Å². The Kier molecular flexibility index (Phi) is 3.64. The van der Waals surface area contributed by atoms with Crippen molar-refractivity contribution in [2.75, 3.05) is 6.54 Å².